The van der Waals surface area contributed by atoms with E-state index in [1.54, 1.807) is 0 Å². The molecule has 0 aromatic rings. The average Bonchev–Trinajstić information content (AvgIpc) is 2.03. The minimum atomic E-state index is -0.464. The Hall–Kier alpha value is -0.830. The third-order valence-electron chi connectivity index (χ3n) is 1.79. The summed E-state index contributed by atoms with van der Waals surface area (Å²) in [6, 6.07) is -0.464. The molecule has 1 unspecified atom stereocenters. The Labute approximate surface area is 73.8 Å². The molecule has 3 heteroatoms. The van der Waals surface area contributed by atoms with Crippen LogP contribution >= 0.6 is 0 Å². The maximum atomic E-state index is 10.5. The lowest BCUT2D eigenvalue weighted by Crippen LogP contribution is -2.36. The molecule has 0 aromatic carbocycles. The number of primary amides is 1. The van der Waals surface area contributed by atoms with E-state index in [0.717, 1.165) is 25.7 Å². The highest BCUT2D eigenvalue weighted by Crippen LogP contribution is 2.04. The summed E-state index contributed by atoms with van der Waals surface area (Å²) >= 11 is 0. The summed E-state index contributed by atoms with van der Waals surface area (Å²) in [5.41, 5.74) is 10.4. The highest BCUT2D eigenvalue weighted by atomic mass is 16.1. The maximum absolute atomic E-state index is 10.5. The van der Waals surface area contributed by atoms with Crippen LogP contribution in [0.3, 0.4) is 0 Å². The minimum absolute atomic E-state index is 0.404. The van der Waals surface area contributed by atoms with Crippen molar-refractivity contribution in [3.05, 3.63) is 12.7 Å². The molecule has 12 heavy (non-hydrogen) atoms. The van der Waals surface area contributed by atoms with E-state index in [9.17, 15) is 4.79 Å². The largest absolute Gasteiger partial charge is 0.368 e. The topological polar surface area (TPSA) is 69.1 Å². The number of rotatable bonds is 7. The summed E-state index contributed by atoms with van der Waals surface area (Å²) in [6.07, 6.45) is 6.81. The van der Waals surface area contributed by atoms with Gasteiger partial charge in [0.25, 0.3) is 0 Å². The molecule has 70 valence electrons. The van der Waals surface area contributed by atoms with Crippen LogP contribution in [0.15, 0.2) is 12.7 Å². The van der Waals surface area contributed by atoms with Gasteiger partial charge in [-0.1, -0.05) is 18.9 Å². The normalized spacial score (nSPS) is 12.4. The number of amides is 1. The summed E-state index contributed by atoms with van der Waals surface area (Å²) in [6.45, 7) is 3.62. The van der Waals surface area contributed by atoms with Crippen LogP contribution in [-0.4, -0.2) is 11.9 Å². The predicted molar refractivity (Wildman–Crippen MR) is 50.5 cm³/mol. The molecular formula is C9H18N2O. The first-order valence-electron chi connectivity index (χ1n) is 4.34. The van der Waals surface area contributed by atoms with Gasteiger partial charge in [0, 0.05) is 0 Å². The summed E-state index contributed by atoms with van der Waals surface area (Å²) in [7, 11) is 0. The Morgan fingerprint density at radius 2 is 2.08 bits per heavy atom. The molecule has 0 spiro atoms. The lowest BCUT2D eigenvalue weighted by Gasteiger charge is -2.05. The highest BCUT2D eigenvalue weighted by molar-refractivity contribution is 5.79. The molecule has 0 aliphatic heterocycles. The first-order valence-corrected chi connectivity index (χ1v) is 4.34. The SMILES string of the molecule is C=CCCCCCC(N)C(N)=O. The number of carbonyl (C=O) groups is 1. The zero-order chi connectivity index (χ0) is 9.40. The number of nitrogens with two attached hydrogens (primary N) is 2. The zero-order valence-electron chi connectivity index (χ0n) is 7.46. The number of hydrogen-bond donors (Lipinski definition) is 2. The molecule has 0 radical (unpaired) electrons. The van der Waals surface area contributed by atoms with Crippen molar-refractivity contribution in [1.29, 1.82) is 0 Å². The van der Waals surface area contributed by atoms with Gasteiger partial charge in [0.15, 0.2) is 0 Å². The van der Waals surface area contributed by atoms with Gasteiger partial charge in [-0.25, -0.2) is 0 Å². The summed E-state index contributed by atoms with van der Waals surface area (Å²) in [5, 5.41) is 0. The van der Waals surface area contributed by atoms with Gasteiger partial charge in [0.1, 0.15) is 0 Å². The second-order valence-corrected chi connectivity index (χ2v) is 2.94. The van der Waals surface area contributed by atoms with E-state index < -0.39 is 11.9 Å². The van der Waals surface area contributed by atoms with Crippen LogP contribution in [-0.2, 0) is 4.79 Å². The number of allylic oxidation sites excluding steroid dienone is 1. The average molecular weight is 170 g/mol. The van der Waals surface area contributed by atoms with Crippen molar-refractivity contribution in [1.82, 2.24) is 0 Å². The molecule has 0 bridgehead atoms. The van der Waals surface area contributed by atoms with E-state index >= 15 is 0 Å². The van der Waals surface area contributed by atoms with Gasteiger partial charge in [-0.3, -0.25) is 4.79 Å². The van der Waals surface area contributed by atoms with Crippen LogP contribution in [0.5, 0.6) is 0 Å². The van der Waals surface area contributed by atoms with E-state index in [0.29, 0.717) is 6.42 Å². The Kier molecular flexibility index (Phi) is 6.38. The van der Waals surface area contributed by atoms with Crippen molar-refractivity contribution in [2.75, 3.05) is 0 Å². The Morgan fingerprint density at radius 1 is 1.42 bits per heavy atom. The second kappa shape index (κ2) is 6.85. The maximum Gasteiger partial charge on any atom is 0.234 e. The molecule has 0 saturated heterocycles. The van der Waals surface area contributed by atoms with Gasteiger partial charge in [-0.2, -0.15) is 0 Å². The van der Waals surface area contributed by atoms with Crippen molar-refractivity contribution in [2.45, 2.75) is 38.1 Å². The van der Waals surface area contributed by atoms with E-state index in [1.165, 1.54) is 0 Å². The lowest BCUT2D eigenvalue weighted by molar-refractivity contribution is -0.119. The summed E-state index contributed by atoms with van der Waals surface area (Å²) in [5.74, 6) is -0.404. The van der Waals surface area contributed by atoms with Crippen molar-refractivity contribution in [2.24, 2.45) is 11.5 Å². The number of unbranched alkanes of at least 4 members (excludes halogenated alkanes) is 3. The fourth-order valence-electron chi connectivity index (χ4n) is 0.972. The monoisotopic (exact) mass is 170 g/mol. The molecular weight excluding hydrogens is 152 g/mol. The molecule has 0 saturated carbocycles. The van der Waals surface area contributed by atoms with Crippen LogP contribution in [0, 0.1) is 0 Å². The van der Waals surface area contributed by atoms with Gasteiger partial charge >= 0.3 is 0 Å². The molecule has 0 heterocycles. The Balaban J connectivity index is 3.19. The molecule has 1 amide bonds. The van der Waals surface area contributed by atoms with Gasteiger partial charge < -0.3 is 11.5 Å². The summed E-state index contributed by atoms with van der Waals surface area (Å²) in [4.78, 5) is 10.5. The van der Waals surface area contributed by atoms with Gasteiger partial charge in [-0.15, -0.1) is 6.58 Å². The third kappa shape index (κ3) is 5.92. The molecule has 0 rings (SSSR count). The van der Waals surface area contributed by atoms with Crippen LogP contribution in [0.25, 0.3) is 0 Å². The highest BCUT2D eigenvalue weighted by Gasteiger charge is 2.07. The van der Waals surface area contributed by atoms with Crippen molar-refractivity contribution < 1.29 is 4.79 Å². The number of carbonyl (C=O) groups excluding carboxylic acids is 1. The molecule has 0 aliphatic rings. The molecule has 0 aromatic heterocycles. The quantitative estimate of drug-likeness (QED) is 0.441. The third-order valence-corrected chi connectivity index (χ3v) is 1.79. The van der Waals surface area contributed by atoms with Crippen LogP contribution in [0.4, 0.5) is 0 Å². The van der Waals surface area contributed by atoms with Crippen molar-refractivity contribution in [3.8, 4) is 0 Å². The predicted octanol–water partition coefficient (Wildman–Crippen LogP) is 0.935. The smallest absolute Gasteiger partial charge is 0.234 e. The van der Waals surface area contributed by atoms with Gasteiger partial charge in [0.2, 0.25) is 5.91 Å². The van der Waals surface area contributed by atoms with Crippen LogP contribution in [0.1, 0.15) is 32.1 Å². The lowest BCUT2D eigenvalue weighted by atomic mass is 10.1. The molecule has 1 atom stereocenters. The van der Waals surface area contributed by atoms with Crippen LogP contribution in [0.2, 0.25) is 0 Å². The van der Waals surface area contributed by atoms with E-state index in [1.807, 2.05) is 6.08 Å². The Morgan fingerprint density at radius 3 is 2.58 bits per heavy atom. The molecule has 0 aliphatic carbocycles. The van der Waals surface area contributed by atoms with Gasteiger partial charge in [-0.05, 0) is 19.3 Å². The van der Waals surface area contributed by atoms with Gasteiger partial charge in [0.05, 0.1) is 6.04 Å². The second-order valence-electron chi connectivity index (χ2n) is 2.94. The zero-order valence-corrected chi connectivity index (χ0v) is 7.46. The standard InChI is InChI=1S/C9H18N2O/c1-2-3-4-5-6-7-8(10)9(11)12/h2,8H,1,3-7,10H2,(H2,11,12). The molecule has 3 nitrogen and oxygen atoms in total. The van der Waals surface area contributed by atoms with Crippen LogP contribution < -0.4 is 11.5 Å². The number of hydrogen-bond acceptors (Lipinski definition) is 2. The molecule has 0 fully saturated rings. The van der Waals surface area contributed by atoms with E-state index in [4.69, 9.17) is 11.5 Å². The van der Waals surface area contributed by atoms with E-state index in [2.05, 4.69) is 6.58 Å². The minimum Gasteiger partial charge on any atom is -0.368 e. The summed E-state index contributed by atoms with van der Waals surface area (Å²) < 4.78 is 0. The fraction of sp³-hybridized carbons (Fsp3) is 0.667. The fourth-order valence-corrected chi connectivity index (χ4v) is 0.972. The Bertz CT molecular complexity index is 145. The first-order chi connectivity index (χ1) is 5.68. The first kappa shape index (κ1) is 11.2. The molecule has 4 N–H and O–H groups in total. The van der Waals surface area contributed by atoms with E-state index in [-0.39, 0.29) is 0 Å². The van der Waals surface area contributed by atoms with Crippen molar-refractivity contribution >= 4 is 5.91 Å². The van der Waals surface area contributed by atoms with Crippen molar-refractivity contribution in [3.63, 3.8) is 0 Å².